The Morgan fingerprint density at radius 1 is 1.39 bits per heavy atom. The van der Waals surface area contributed by atoms with Crippen LogP contribution in [0.1, 0.15) is 34.9 Å². The average Bonchev–Trinajstić information content (AvgIpc) is 3.02. The van der Waals surface area contributed by atoms with Gasteiger partial charge in [-0.3, -0.25) is 4.79 Å². The molecule has 0 saturated carbocycles. The highest BCUT2D eigenvalue weighted by Crippen LogP contribution is 2.19. The van der Waals surface area contributed by atoms with Crippen LogP contribution in [0.2, 0.25) is 0 Å². The van der Waals surface area contributed by atoms with Crippen LogP contribution >= 0.6 is 12.4 Å². The number of benzene rings is 1. The minimum atomic E-state index is -0.468. The van der Waals surface area contributed by atoms with Crippen molar-refractivity contribution in [3.63, 3.8) is 0 Å². The molecule has 2 heterocycles. The third kappa shape index (κ3) is 4.05. The third-order valence-electron chi connectivity index (χ3n) is 3.80. The second-order valence-electron chi connectivity index (χ2n) is 5.50. The van der Waals surface area contributed by atoms with E-state index in [0.717, 1.165) is 31.5 Å². The van der Waals surface area contributed by atoms with E-state index in [1.54, 1.807) is 23.0 Å². The molecule has 23 heavy (non-hydrogen) atoms. The van der Waals surface area contributed by atoms with Gasteiger partial charge < -0.3 is 10.6 Å². The van der Waals surface area contributed by atoms with Gasteiger partial charge in [0.2, 0.25) is 0 Å². The topological polar surface area (TPSA) is 71.8 Å². The number of aryl methyl sites for hydroxylation is 1. The number of aromatic nitrogens is 3. The summed E-state index contributed by atoms with van der Waals surface area (Å²) in [5.74, 6) is -0.922. The fraction of sp³-hybridized carbons (Fsp3) is 0.400. The molecule has 1 aromatic heterocycles. The Bertz CT molecular complexity index is 684. The summed E-state index contributed by atoms with van der Waals surface area (Å²) in [6, 6.07) is 4.82. The molecule has 8 heteroatoms. The average molecular weight is 340 g/mol. The lowest BCUT2D eigenvalue weighted by Crippen LogP contribution is -2.29. The Hall–Kier alpha value is -1.99. The number of rotatable bonds is 3. The standard InChI is InChI=1S/C15H18FN5O.ClH/c1-10-2-3-12(16)13(8-10)18-15(22)14-9-21(20-19-14)11-4-6-17-7-5-11;/h2-3,8-9,11,17H,4-7H2,1H3,(H,18,22);1H. The number of carbonyl (C=O) groups excluding carboxylic acids is 1. The highest BCUT2D eigenvalue weighted by atomic mass is 35.5. The smallest absolute Gasteiger partial charge is 0.277 e. The van der Waals surface area contributed by atoms with Crippen LogP contribution in [0, 0.1) is 12.7 Å². The van der Waals surface area contributed by atoms with Crippen molar-refractivity contribution in [3.8, 4) is 0 Å². The van der Waals surface area contributed by atoms with Crippen molar-refractivity contribution in [2.45, 2.75) is 25.8 Å². The summed E-state index contributed by atoms with van der Waals surface area (Å²) < 4.78 is 15.4. The van der Waals surface area contributed by atoms with Gasteiger partial charge in [0.15, 0.2) is 5.69 Å². The summed E-state index contributed by atoms with van der Waals surface area (Å²) in [7, 11) is 0. The van der Waals surface area contributed by atoms with E-state index < -0.39 is 11.7 Å². The van der Waals surface area contributed by atoms with E-state index in [2.05, 4.69) is 20.9 Å². The van der Waals surface area contributed by atoms with Crippen LogP contribution in [0.15, 0.2) is 24.4 Å². The summed E-state index contributed by atoms with van der Waals surface area (Å²) in [5, 5.41) is 13.7. The van der Waals surface area contributed by atoms with Crippen molar-refractivity contribution < 1.29 is 9.18 Å². The predicted octanol–water partition coefficient (Wildman–Crippen LogP) is 2.32. The summed E-state index contributed by atoms with van der Waals surface area (Å²) >= 11 is 0. The number of nitrogens with zero attached hydrogens (tertiary/aromatic N) is 3. The second kappa shape index (κ2) is 7.52. The number of carbonyl (C=O) groups is 1. The number of halogens is 2. The Morgan fingerprint density at radius 3 is 2.87 bits per heavy atom. The molecule has 1 amide bonds. The van der Waals surface area contributed by atoms with E-state index in [0.29, 0.717) is 0 Å². The van der Waals surface area contributed by atoms with E-state index in [9.17, 15) is 9.18 Å². The molecule has 1 aromatic carbocycles. The molecule has 0 spiro atoms. The molecular weight excluding hydrogens is 321 g/mol. The van der Waals surface area contributed by atoms with Gasteiger partial charge in [-0.1, -0.05) is 11.3 Å². The quantitative estimate of drug-likeness (QED) is 0.900. The largest absolute Gasteiger partial charge is 0.318 e. The van der Waals surface area contributed by atoms with Crippen LogP contribution in [0.4, 0.5) is 10.1 Å². The molecule has 0 radical (unpaired) electrons. The zero-order valence-electron chi connectivity index (χ0n) is 12.8. The number of anilines is 1. The zero-order valence-corrected chi connectivity index (χ0v) is 13.6. The first-order chi connectivity index (χ1) is 10.6. The number of piperidine rings is 1. The zero-order chi connectivity index (χ0) is 15.5. The Balaban J connectivity index is 0.00000192. The minimum absolute atomic E-state index is 0. The lowest BCUT2D eigenvalue weighted by molar-refractivity contribution is 0.102. The van der Waals surface area contributed by atoms with Gasteiger partial charge in [0.05, 0.1) is 17.9 Å². The van der Waals surface area contributed by atoms with Gasteiger partial charge in [0, 0.05) is 0 Å². The molecule has 0 bridgehead atoms. The molecule has 0 atom stereocenters. The van der Waals surface area contributed by atoms with Crippen LogP contribution in [-0.2, 0) is 0 Å². The lowest BCUT2D eigenvalue weighted by Gasteiger charge is -2.22. The molecule has 1 aliphatic heterocycles. The molecule has 1 fully saturated rings. The molecule has 2 N–H and O–H groups in total. The van der Waals surface area contributed by atoms with Crippen molar-refractivity contribution in [1.82, 2.24) is 20.3 Å². The second-order valence-corrected chi connectivity index (χ2v) is 5.50. The first-order valence-electron chi connectivity index (χ1n) is 7.33. The first-order valence-corrected chi connectivity index (χ1v) is 7.33. The van der Waals surface area contributed by atoms with Crippen LogP contribution in [-0.4, -0.2) is 34.0 Å². The highest BCUT2D eigenvalue weighted by Gasteiger charge is 2.19. The van der Waals surface area contributed by atoms with Crippen molar-refractivity contribution in [2.75, 3.05) is 18.4 Å². The summed E-state index contributed by atoms with van der Waals surface area (Å²) in [6.45, 7) is 3.70. The Labute approximate surface area is 139 Å². The van der Waals surface area contributed by atoms with Crippen molar-refractivity contribution >= 4 is 24.0 Å². The SMILES string of the molecule is Cc1ccc(F)c(NC(=O)c2cn(C3CCNCC3)nn2)c1.Cl. The Morgan fingerprint density at radius 2 is 2.13 bits per heavy atom. The van der Waals surface area contributed by atoms with Crippen molar-refractivity contribution in [3.05, 3.63) is 41.5 Å². The van der Waals surface area contributed by atoms with Crippen LogP contribution in [0.3, 0.4) is 0 Å². The molecule has 0 unspecified atom stereocenters. The van der Waals surface area contributed by atoms with E-state index in [1.165, 1.54) is 6.07 Å². The molecule has 124 valence electrons. The number of amides is 1. The van der Waals surface area contributed by atoms with Gasteiger partial charge in [0.1, 0.15) is 5.82 Å². The van der Waals surface area contributed by atoms with E-state index in [4.69, 9.17) is 0 Å². The van der Waals surface area contributed by atoms with Crippen molar-refractivity contribution in [1.29, 1.82) is 0 Å². The predicted molar refractivity (Wildman–Crippen MR) is 87.5 cm³/mol. The van der Waals surface area contributed by atoms with Crippen LogP contribution in [0.5, 0.6) is 0 Å². The van der Waals surface area contributed by atoms with E-state index >= 15 is 0 Å². The summed E-state index contributed by atoms with van der Waals surface area (Å²) in [5.41, 5.74) is 1.22. The normalized spacial score (nSPS) is 15.0. The van der Waals surface area contributed by atoms with Gasteiger partial charge in [-0.2, -0.15) is 0 Å². The maximum Gasteiger partial charge on any atom is 0.277 e. The van der Waals surface area contributed by atoms with E-state index in [1.807, 2.05) is 6.92 Å². The summed E-state index contributed by atoms with van der Waals surface area (Å²) in [4.78, 5) is 12.2. The van der Waals surface area contributed by atoms with Crippen LogP contribution in [0.25, 0.3) is 0 Å². The first kappa shape index (κ1) is 17.4. The molecule has 2 aromatic rings. The maximum atomic E-state index is 13.7. The number of hydrogen-bond donors (Lipinski definition) is 2. The lowest BCUT2D eigenvalue weighted by atomic mass is 10.1. The minimum Gasteiger partial charge on any atom is -0.318 e. The number of nitrogens with one attached hydrogen (secondary N) is 2. The molecule has 3 rings (SSSR count). The third-order valence-corrected chi connectivity index (χ3v) is 3.80. The molecule has 1 saturated heterocycles. The highest BCUT2D eigenvalue weighted by molar-refractivity contribution is 6.02. The fourth-order valence-corrected chi connectivity index (χ4v) is 2.55. The van der Waals surface area contributed by atoms with E-state index in [-0.39, 0.29) is 29.8 Å². The summed E-state index contributed by atoms with van der Waals surface area (Å²) in [6.07, 6.45) is 3.53. The van der Waals surface area contributed by atoms with Crippen molar-refractivity contribution in [2.24, 2.45) is 0 Å². The monoisotopic (exact) mass is 339 g/mol. The fourth-order valence-electron chi connectivity index (χ4n) is 2.55. The number of hydrogen-bond acceptors (Lipinski definition) is 4. The van der Waals surface area contributed by atoms with Crippen LogP contribution < -0.4 is 10.6 Å². The van der Waals surface area contributed by atoms with Gasteiger partial charge >= 0.3 is 0 Å². The van der Waals surface area contributed by atoms with Gasteiger partial charge in [-0.15, -0.1) is 17.5 Å². The molecule has 0 aliphatic carbocycles. The van der Waals surface area contributed by atoms with Gasteiger partial charge in [-0.05, 0) is 50.6 Å². The molecular formula is C15H19ClFN5O. The van der Waals surface area contributed by atoms with Gasteiger partial charge in [-0.25, -0.2) is 9.07 Å². The molecule has 1 aliphatic rings. The Kier molecular flexibility index (Phi) is 5.68. The maximum absolute atomic E-state index is 13.7. The molecule has 6 nitrogen and oxygen atoms in total. The van der Waals surface area contributed by atoms with Gasteiger partial charge in [0.25, 0.3) is 5.91 Å².